The summed E-state index contributed by atoms with van der Waals surface area (Å²) in [6.07, 6.45) is 7.67. The molecular weight excluding hydrogens is 150 g/mol. The molecule has 0 radical (unpaired) electrons. The predicted octanol–water partition coefficient (Wildman–Crippen LogP) is 2.07. The molecule has 0 aromatic rings. The summed E-state index contributed by atoms with van der Waals surface area (Å²) in [6, 6.07) is 0.291. The van der Waals surface area contributed by atoms with E-state index in [0.29, 0.717) is 12.1 Å². The normalized spacial score (nSPS) is 31.5. The van der Waals surface area contributed by atoms with Gasteiger partial charge in [0.1, 0.15) is 0 Å². The average molecular weight is 171 g/mol. The summed E-state index contributed by atoms with van der Waals surface area (Å²) in [4.78, 5) is 0. The smallest absolute Gasteiger partial charge is 0.0725 e. The maximum Gasteiger partial charge on any atom is 0.0725 e. The minimum atomic E-state index is 0.291. The Hall–Kier alpha value is -0.0800. The topological polar surface area (TPSA) is 35.2 Å². The van der Waals surface area contributed by atoms with Crippen molar-refractivity contribution in [2.45, 2.75) is 57.6 Å². The Kier molecular flexibility index (Phi) is 4.62. The molecule has 2 N–H and O–H groups in total. The lowest BCUT2D eigenvalue weighted by Crippen LogP contribution is -2.35. The van der Waals surface area contributed by atoms with Crippen molar-refractivity contribution >= 4 is 0 Å². The van der Waals surface area contributed by atoms with Crippen molar-refractivity contribution in [1.82, 2.24) is 0 Å². The molecule has 0 aliphatic heterocycles. The molecule has 1 saturated carbocycles. The monoisotopic (exact) mass is 171 g/mol. The van der Waals surface area contributed by atoms with Crippen LogP contribution in [0.15, 0.2) is 0 Å². The number of nitrogens with two attached hydrogens (primary N) is 1. The van der Waals surface area contributed by atoms with Crippen molar-refractivity contribution in [2.24, 2.45) is 5.73 Å². The molecule has 2 atom stereocenters. The first kappa shape index (κ1) is 10.0. The minimum Gasteiger partial charge on any atom is -0.377 e. The van der Waals surface area contributed by atoms with Crippen LogP contribution in [0.2, 0.25) is 0 Å². The van der Waals surface area contributed by atoms with Crippen LogP contribution in [0.3, 0.4) is 0 Å². The summed E-state index contributed by atoms with van der Waals surface area (Å²) in [5, 5.41) is 0. The third-order valence-corrected chi connectivity index (χ3v) is 2.54. The Bertz CT molecular complexity index is 116. The molecule has 1 aliphatic rings. The third kappa shape index (κ3) is 3.11. The second-order valence-electron chi connectivity index (χ2n) is 3.71. The van der Waals surface area contributed by atoms with Gasteiger partial charge in [0.15, 0.2) is 0 Å². The van der Waals surface area contributed by atoms with Crippen molar-refractivity contribution in [2.75, 3.05) is 6.61 Å². The van der Waals surface area contributed by atoms with E-state index in [1.165, 1.54) is 25.7 Å². The fourth-order valence-electron chi connectivity index (χ4n) is 1.78. The molecule has 2 unspecified atom stereocenters. The first-order valence-electron chi connectivity index (χ1n) is 5.21. The van der Waals surface area contributed by atoms with Crippen LogP contribution in [0.5, 0.6) is 0 Å². The highest BCUT2D eigenvalue weighted by Crippen LogP contribution is 2.19. The lowest BCUT2D eigenvalue weighted by molar-refractivity contribution is 0.0317. The average Bonchev–Trinajstić information content (AvgIpc) is 2.27. The number of hydrogen-bond donors (Lipinski definition) is 1. The Morgan fingerprint density at radius 1 is 1.25 bits per heavy atom. The summed E-state index contributed by atoms with van der Waals surface area (Å²) in [7, 11) is 0. The molecule has 0 aromatic carbocycles. The molecule has 1 rings (SSSR count). The molecule has 1 fully saturated rings. The zero-order chi connectivity index (χ0) is 8.81. The fraction of sp³-hybridized carbons (Fsp3) is 1.00. The largest absolute Gasteiger partial charge is 0.377 e. The Morgan fingerprint density at radius 3 is 2.75 bits per heavy atom. The molecule has 0 aromatic heterocycles. The second kappa shape index (κ2) is 5.55. The van der Waals surface area contributed by atoms with Gasteiger partial charge in [-0.3, -0.25) is 0 Å². The van der Waals surface area contributed by atoms with Crippen molar-refractivity contribution < 1.29 is 4.74 Å². The minimum absolute atomic E-state index is 0.291. The van der Waals surface area contributed by atoms with Crippen LogP contribution in [0.25, 0.3) is 0 Å². The SMILES string of the molecule is CCCOC1CCCCCC1N. The van der Waals surface area contributed by atoms with Gasteiger partial charge in [-0.15, -0.1) is 0 Å². The van der Waals surface area contributed by atoms with Crippen LogP contribution in [0.4, 0.5) is 0 Å². The molecule has 1 aliphatic carbocycles. The van der Waals surface area contributed by atoms with Gasteiger partial charge in [0.25, 0.3) is 0 Å². The molecule has 72 valence electrons. The van der Waals surface area contributed by atoms with Crippen LogP contribution in [-0.2, 0) is 4.74 Å². The molecule has 0 amide bonds. The van der Waals surface area contributed by atoms with E-state index in [4.69, 9.17) is 10.5 Å². The summed E-state index contributed by atoms with van der Waals surface area (Å²) >= 11 is 0. The Balaban J connectivity index is 2.26. The number of hydrogen-bond acceptors (Lipinski definition) is 2. The van der Waals surface area contributed by atoms with Gasteiger partial charge in [-0.2, -0.15) is 0 Å². The van der Waals surface area contributed by atoms with E-state index in [1.807, 2.05) is 0 Å². The van der Waals surface area contributed by atoms with Crippen LogP contribution >= 0.6 is 0 Å². The summed E-state index contributed by atoms with van der Waals surface area (Å²) in [6.45, 7) is 3.01. The number of ether oxygens (including phenoxy) is 1. The first-order chi connectivity index (χ1) is 5.84. The van der Waals surface area contributed by atoms with E-state index < -0.39 is 0 Å². The van der Waals surface area contributed by atoms with Crippen LogP contribution in [0.1, 0.15) is 45.4 Å². The van der Waals surface area contributed by atoms with Crippen molar-refractivity contribution in [3.63, 3.8) is 0 Å². The second-order valence-corrected chi connectivity index (χ2v) is 3.71. The van der Waals surface area contributed by atoms with Crippen molar-refractivity contribution in [3.05, 3.63) is 0 Å². The molecule has 0 heterocycles. The lowest BCUT2D eigenvalue weighted by Gasteiger charge is -2.21. The molecular formula is C10H21NO. The highest BCUT2D eigenvalue weighted by molar-refractivity contribution is 4.76. The van der Waals surface area contributed by atoms with Crippen LogP contribution in [0, 0.1) is 0 Å². The van der Waals surface area contributed by atoms with Gasteiger partial charge in [0.2, 0.25) is 0 Å². The highest BCUT2D eigenvalue weighted by Gasteiger charge is 2.20. The van der Waals surface area contributed by atoms with Crippen LogP contribution < -0.4 is 5.73 Å². The van der Waals surface area contributed by atoms with Gasteiger partial charge in [0.05, 0.1) is 6.10 Å². The van der Waals surface area contributed by atoms with Gasteiger partial charge in [-0.1, -0.05) is 26.2 Å². The molecule has 0 saturated heterocycles. The van der Waals surface area contributed by atoms with E-state index in [1.54, 1.807) is 0 Å². The Morgan fingerprint density at radius 2 is 2.00 bits per heavy atom. The van der Waals surface area contributed by atoms with Gasteiger partial charge in [0, 0.05) is 12.6 Å². The third-order valence-electron chi connectivity index (χ3n) is 2.54. The van der Waals surface area contributed by atoms with Crippen molar-refractivity contribution in [1.29, 1.82) is 0 Å². The molecule has 0 bridgehead atoms. The summed E-state index contributed by atoms with van der Waals surface area (Å²) in [5.74, 6) is 0. The van der Waals surface area contributed by atoms with E-state index in [2.05, 4.69) is 6.92 Å². The Labute approximate surface area is 75.5 Å². The van der Waals surface area contributed by atoms with Gasteiger partial charge >= 0.3 is 0 Å². The molecule has 2 heteroatoms. The molecule has 0 spiro atoms. The number of rotatable bonds is 3. The van der Waals surface area contributed by atoms with E-state index in [-0.39, 0.29) is 0 Å². The van der Waals surface area contributed by atoms with Gasteiger partial charge < -0.3 is 10.5 Å². The highest BCUT2D eigenvalue weighted by atomic mass is 16.5. The zero-order valence-corrected chi connectivity index (χ0v) is 8.09. The summed E-state index contributed by atoms with van der Waals surface area (Å²) in [5.41, 5.74) is 5.99. The quantitative estimate of drug-likeness (QED) is 0.660. The predicted molar refractivity (Wildman–Crippen MR) is 51.1 cm³/mol. The van der Waals surface area contributed by atoms with E-state index in [9.17, 15) is 0 Å². The first-order valence-corrected chi connectivity index (χ1v) is 5.21. The lowest BCUT2D eigenvalue weighted by atomic mass is 10.1. The standard InChI is InChI=1S/C10H21NO/c1-2-8-12-10-7-5-3-4-6-9(10)11/h9-10H,2-8,11H2,1H3. The van der Waals surface area contributed by atoms with Gasteiger partial charge in [-0.05, 0) is 19.3 Å². The summed E-state index contributed by atoms with van der Waals surface area (Å²) < 4.78 is 5.70. The van der Waals surface area contributed by atoms with E-state index >= 15 is 0 Å². The fourth-order valence-corrected chi connectivity index (χ4v) is 1.78. The zero-order valence-electron chi connectivity index (χ0n) is 8.09. The van der Waals surface area contributed by atoms with Gasteiger partial charge in [-0.25, -0.2) is 0 Å². The molecule has 12 heavy (non-hydrogen) atoms. The van der Waals surface area contributed by atoms with Crippen molar-refractivity contribution in [3.8, 4) is 0 Å². The van der Waals surface area contributed by atoms with Crippen LogP contribution in [-0.4, -0.2) is 18.8 Å². The maximum absolute atomic E-state index is 5.99. The maximum atomic E-state index is 5.99. The van der Waals surface area contributed by atoms with E-state index in [0.717, 1.165) is 19.4 Å². The molecule has 2 nitrogen and oxygen atoms in total.